The second-order valence-corrected chi connectivity index (χ2v) is 7.32. The molecular weight excluding hydrogens is 400 g/mol. The van der Waals surface area contributed by atoms with Crippen LogP contribution >= 0.6 is 0 Å². The van der Waals surface area contributed by atoms with E-state index < -0.39 is 12.8 Å². The summed E-state index contributed by atoms with van der Waals surface area (Å²) in [6.45, 7) is 1.58. The van der Waals surface area contributed by atoms with E-state index in [1.54, 1.807) is 41.3 Å². The Bertz CT molecular complexity index is 840. The van der Waals surface area contributed by atoms with Crippen molar-refractivity contribution in [1.29, 1.82) is 0 Å². The molecule has 1 aliphatic rings. The smallest absolute Gasteiger partial charge is 0.367 e. The molecule has 0 unspecified atom stereocenters. The minimum absolute atomic E-state index is 0.120. The number of nitrogens with zero attached hydrogens (tertiary/aromatic N) is 2. The Morgan fingerprint density at radius 3 is 2.40 bits per heavy atom. The van der Waals surface area contributed by atoms with E-state index in [1.807, 2.05) is 6.07 Å². The van der Waals surface area contributed by atoms with Gasteiger partial charge in [0.05, 0.1) is 6.61 Å². The van der Waals surface area contributed by atoms with Crippen LogP contribution in [0.1, 0.15) is 27.9 Å². The maximum absolute atomic E-state index is 13.9. The van der Waals surface area contributed by atoms with Crippen molar-refractivity contribution in [3.8, 4) is 0 Å². The van der Waals surface area contributed by atoms with Gasteiger partial charge in [0.2, 0.25) is 0 Å². The van der Waals surface area contributed by atoms with Gasteiger partial charge in [-0.3, -0.25) is 9.69 Å². The molecule has 0 saturated carbocycles. The number of carbonyl (C=O) groups is 1. The second-order valence-electron chi connectivity index (χ2n) is 7.32. The molecule has 162 valence electrons. The Balaban J connectivity index is 1.52. The maximum atomic E-state index is 13.9. The van der Waals surface area contributed by atoms with Crippen molar-refractivity contribution in [2.24, 2.45) is 0 Å². The summed E-state index contributed by atoms with van der Waals surface area (Å²) in [5.41, 5.74) is 1.69. The summed E-state index contributed by atoms with van der Waals surface area (Å²) in [4.78, 5) is 16.7. The summed E-state index contributed by atoms with van der Waals surface area (Å²) in [6.07, 6.45) is -3.58. The van der Waals surface area contributed by atoms with Crippen molar-refractivity contribution in [2.45, 2.75) is 25.7 Å². The molecule has 1 amide bonds. The van der Waals surface area contributed by atoms with Crippen molar-refractivity contribution >= 4 is 5.91 Å². The predicted octanol–water partition coefficient (Wildman–Crippen LogP) is 4.25. The van der Waals surface area contributed by atoms with Crippen molar-refractivity contribution in [1.82, 2.24) is 9.80 Å². The van der Waals surface area contributed by atoms with E-state index in [4.69, 9.17) is 0 Å². The normalized spacial score (nSPS) is 15.8. The number of benzene rings is 2. The lowest BCUT2D eigenvalue weighted by Crippen LogP contribution is -2.35. The van der Waals surface area contributed by atoms with Gasteiger partial charge in [0.1, 0.15) is 12.4 Å². The van der Waals surface area contributed by atoms with Crippen LogP contribution in [0.2, 0.25) is 0 Å². The number of alkyl halides is 3. The molecule has 0 aliphatic carbocycles. The van der Waals surface area contributed by atoms with Crippen LogP contribution in [0.3, 0.4) is 0 Å². The molecule has 0 aromatic heterocycles. The highest BCUT2D eigenvalue weighted by atomic mass is 19.4. The van der Waals surface area contributed by atoms with Crippen LogP contribution in [-0.4, -0.2) is 54.7 Å². The van der Waals surface area contributed by atoms with E-state index in [0.29, 0.717) is 42.9 Å². The number of hydrogen-bond acceptors (Lipinski definition) is 3. The van der Waals surface area contributed by atoms with Gasteiger partial charge in [0.25, 0.3) is 5.91 Å². The third-order valence-electron chi connectivity index (χ3n) is 4.96. The molecule has 1 heterocycles. The van der Waals surface area contributed by atoms with Gasteiger partial charge in [0.15, 0.2) is 0 Å². The minimum atomic E-state index is -4.36. The Labute approximate surface area is 173 Å². The van der Waals surface area contributed by atoms with Crippen LogP contribution in [0.15, 0.2) is 48.5 Å². The summed E-state index contributed by atoms with van der Waals surface area (Å²) in [6, 6.07) is 13.1. The number of ether oxygens (including phenoxy) is 1. The Kier molecular flexibility index (Phi) is 7.44. The first-order valence-electron chi connectivity index (χ1n) is 9.80. The molecule has 1 saturated heterocycles. The van der Waals surface area contributed by atoms with Crippen molar-refractivity contribution in [3.05, 3.63) is 71.0 Å². The molecular formula is C22H24F4N2O2. The standard InChI is InChI=1S/C22H24F4N2O2/c23-20-5-2-1-4-19(20)14-27-10-3-11-28(13-12-27)21(29)18-8-6-17(7-9-18)15-30-16-22(24,25)26/h1-2,4-9H,3,10-16H2. The van der Waals surface area contributed by atoms with Crippen LogP contribution in [0.4, 0.5) is 17.6 Å². The van der Waals surface area contributed by atoms with Gasteiger partial charge < -0.3 is 9.64 Å². The Morgan fingerprint density at radius 1 is 0.967 bits per heavy atom. The molecule has 4 nitrogen and oxygen atoms in total. The first kappa shape index (κ1) is 22.2. The van der Waals surface area contributed by atoms with Gasteiger partial charge in [-0.1, -0.05) is 30.3 Å². The lowest BCUT2D eigenvalue weighted by molar-refractivity contribution is -0.176. The lowest BCUT2D eigenvalue weighted by atomic mass is 10.1. The molecule has 0 radical (unpaired) electrons. The topological polar surface area (TPSA) is 32.8 Å². The largest absolute Gasteiger partial charge is 0.411 e. The highest BCUT2D eigenvalue weighted by Gasteiger charge is 2.27. The fourth-order valence-corrected chi connectivity index (χ4v) is 3.41. The van der Waals surface area contributed by atoms with E-state index in [0.717, 1.165) is 13.0 Å². The molecule has 0 N–H and O–H groups in total. The average Bonchev–Trinajstić information content (AvgIpc) is 2.94. The summed E-state index contributed by atoms with van der Waals surface area (Å²) in [5.74, 6) is -0.348. The van der Waals surface area contributed by atoms with E-state index in [-0.39, 0.29) is 18.3 Å². The SMILES string of the molecule is O=C(c1ccc(COCC(F)(F)F)cc1)N1CCCN(Cc2ccccc2F)CC1. The summed E-state index contributed by atoms with van der Waals surface area (Å²) < 4.78 is 54.9. The fraction of sp³-hybridized carbons (Fsp3) is 0.409. The summed E-state index contributed by atoms with van der Waals surface area (Å²) >= 11 is 0. The highest BCUT2D eigenvalue weighted by molar-refractivity contribution is 5.94. The average molecular weight is 424 g/mol. The van der Waals surface area contributed by atoms with E-state index >= 15 is 0 Å². The molecule has 1 aliphatic heterocycles. The van der Waals surface area contributed by atoms with Crippen LogP contribution in [0, 0.1) is 5.82 Å². The van der Waals surface area contributed by atoms with Crippen LogP contribution < -0.4 is 0 Å². The molecule has 2 aromatic carbocycles. The van der Waals surface area contributed by atoms with E-state index in [1.165, 1.54) is 6.07 Å². The zero-order chi connectivity index (χ0) is 21.6. The van der Waals surface area contributed by atoms with Gasteiger partial charge in [-0.2, -0.15) is 13.2 Å². The molecule has 30 heavy (non-hydrogen) atoms. The molecule has 1 fully saturated rings. The van der Waals surface area contributed by atoms with Crippen molar-refractivity contribution in [3.63, 3.8) is 0 Å². The number of rotatable bonds is 6. The molecule has 3 rings (SSSR count). The van der Waals surface area contributed by atoms with E-state index in [9.17, 15) is 22.4 Å². The third kappa shape index (κ3) is 6.53. The molecule has 0 atom stereocenters. The molecule has 8 heteroatoms. The fourth-order valence-electron chi connectivity index (χ4n) is 3.41. The van der Waals surface area contributed by atoms with Gasteiger partial charge >= 0.3 is 6.18 Å². The van der Waals surface area contributed by atoms with Crippen LogP contribution in [-0.2, 0) is 17.9 Å². The summed E-state index contributed by atoms with van der Waals surface area (Å²) in [7, 11) is 0. The Hall–Kier alpha value is -2.45. The lowest BCUT2D eigenvalue weighted by Gasteiger charge is -2.22. The number of carbonyl (C=O) groups excluding carboxylic acids is 1. The van der Waals surface area contributed by atoms with Gasteiger partial charge in [0, 0.05) is 43.9 Å². The van der Waals surface area contributed by atoms with E-state index in [2.05, 4.69) is 9.64 Å². The quantitative estimate of drug-likeness (QED) is 0.650. The molecule has 0 bridgehead atoms. The predicted molar refractivity (Wildman–Crippen MR) is 104 cm³/mol. The van der Waals surface area contributed by atoms with Crippen LogP contribution in [0.25, 0.3) is 0 Å². The summed E-state index contributed by atoms with van der Waals surface area (Å²) in [5, 5.41) is 0. The highest BCUT2D eigenvalue weighted by Crippen LogP contribution is 2.17. The monoisotopic (exact) mass is 424 g/mol. The van der Waals surface area contributed by atoms with Crippen molar-refractivity contribution < 1.29 is 27.1 Å². The van der Waals surface area contributed by atoms with Gasteiger partial charge in [-0.15, -0.1) is 0 Å². The number of halogens is 4. The number of hydrogen-bond donors (Lipinski definition) is 0. The first-order valence-corrected chi connectivity index (χ1v) is 9.80. The number of amides is 1. The third-order valence-corrected chi connectivity index (χ3v) is 4.96. The zero-order valence-corrected chi connectivity index (χ0v) is 16.5. The molecule has 2 aromatic rings. The second kappa shape index (κ2) is 10.0. The maximum Gasteiger partial charge on any atom is 0.411 e. The van der Waals surface area contributed by atoms with Crippen molar-refractivity contribution in [2.75, 3.05) is 32.8 Å². The Morgan fingerprint density at radius 2 is 1.70 bits per heavy atom. The van der Waals surface area contributed by atoms with Gasteiger partial charge in [-0.05, 0) is 30.2 Å². The minimum Gasteiger partial charge on any atom is -0.367 e. The molecule has 0 spiro atoms. The zero-order valence-electron chi connectivity index (χ0n) is 16.5. The first-order chi connectivity index (χ1) is 14.3. The van der Waals surface area contributed by atoms with Gasteiger partial charge in [-0.25, -0.2) is 4.39 Å². The van der Waals surface area contributed by atoms with Crippen LogP contribution in [0.5, 0.6) is 0 Å².